The van der Waals surface area contributed by atoms with Crippen molar-refractivity contribution >= 4 is 29.2 Å². The third kappa shape index (κ3) is 5.04. The molecule has 4 N–H and O–H groups in total. The predicted octanol–water partition coefficient (Wildman–Crippen LogP) is 1.97. The molecular formula is C10H9ClF3N3O2. The SMILES string of the molecule is NC(=O)NC(=O)CNc1cc(Cl)cc(C(F)(F)F)c1. The molecule has 19 heavy (non-hydrogen) atoms. The van der Waals surface area contributed by atoms with Gasteiger partial charge in [0.15, 0.2) is 0 Å². The first-order valence-electron chi connectivity index (χ1n) is 4.89. The molecule has 0 radical (unpaired) electrons. The second-order valence-electron chi connectivity index (χ2n) is 3.49. The van der Waals surface area contributed by atoms with Crippen LogP contribution in [0.1, 0.15) is 5.56 Å². The van der Waals surface area contributed by atoms with Crippen LogP contribution in [0, 0.1) is 0 Å². The fraction of sp³-hybridized carbons (Fsp3) is 0.200. The molecule has 0 aromatic heterocycles. The number of urea groups is 1. The molecule has 0 aliphatic carbocycles. The normalized spacial score (nSPS) is 10.9. The van der Waals surface area contributed by atoms with Gasteiger partial charge in [0, 0.05) is 10.7 Å². The van der Waals surface area contributed by atoms with E-state index < -0.39 is 30.2 Å². The van der Waals surface area contributed by atoms with Crippen molar-refractivity contribution < 1.29 is 22.8 Å². The van der Waals surface area contributed by atoms with E-state index in [1.807, 2.05) is 0 Å². The summed E-state index contributed by atoms with van der Waals surface area (Å²) in [4.78, 5) is 21.4. The minimum Gasteiger partial charge on any atom is -0.376 e. The molecule has 1 aromatic carbocycles. The highest BCUT2D eigenvalue weighted by molar-refractivity contribution is 6.31. The van der Waals surface area contributed by atoms with E-state index >= 15 is 0 Å². The van der Waals surface area contributed by atoms with Crippen LogP contribution in [0.3, 0.4) is 0 Å². The first kappa shape index (κ1) is 15.1. The van der Waals surface area contributed by atoms with E-state index in [1.54, 1.807) is 5.32 Å². The topological polar surface area (TPSA) is 84.2 Å². The lowest BCUT2D eigenvalue weighted by molar-refractivity contribution is -0.137. The van der Waals surface area contributed by atoms with Gasteiger partial charge in [0.1, 0.15) is 0 Å². The summed E-state index contributed by atoms with van der Waals surface area (Å²) in [5.41, 5.74) is 3.75. The number of primary amides is 1. The highest BCUT2D eigenvalue weighted by Gasteiger charge is 2.31. The maximum absolute atomic E-state index is 12.5. The number of imide groups is 1. The fourth-order valence-electron chi connectivity index (χ4n) is 1.22. The first-order valence-corrected chi connectivity index (χ1v) is 5.27. The number of alkyl halides is 3. The molecule has 0 atom stereocenters. The van der Waals surface area contributed by atoms with E-state index in [0.717, 1.165) is 12.1 Å². The summed E-state index contributed by atoms with van der Waals surface area (Å²) in [6.45, 7) is -0.416. The number of amides is 3. The second-order valence-corrected chi connectivity index (χ2v) is 3.93. The van der Waals surface area contributed by atoms with E-state index in [2.05, 4.69) is 5.32 Å². The Hall–Kier alpha value is -1.96. The van der Waals surface area contributed by atoms with Crippen LogP contribution in [0.15, 0.2) is 18.2 Å². The van der Waals surface area contributed by atoms with E-state index in [0.29, 0.717) is 0 Å². The Bertz CT molecular complexity index is 505. The molecule has 0 bridgehead atoms. The Morgan fingerprint density at radius 3 is 2.42 bits per heavy atom. The van der Waals surface area contributed by atoms with Crippen LogP contribution >= 0.6 is 11.6 Å². The summed E-state index contributed by atoms with van der Waals surface area (Å²) in [6, 6.07) is 1.72. The third-order valence-electron chi connectivity index (χ3n) is 1.94. The van der Waals surface area contributed by atoms with Gasteiger partial charge < -0.3 is 11.1 Å². The molecule has 5 nitrogen and oxygen atoms in total. The minimum atomic E-state index is -4.54. The van der Waals surface area contributed by atoms with Gasteiger partial charge in [0.25, 0.3) is 0 Å². The number of halogens is 4. The van der Waals surface area contributed by atoms with Crippen molar-refractivity contribution in [1.29, 1.82) is 0 Å². The van der Waals surface area contributed by atoms with Crippen LogP contribution in [0.2, 0.25) is 5.02 Å². The average Bonchev–Trinajstić information content (AvgIpc) is 2.23. The summed E-state index contributed by atoms with van der Waals surface area (Å²) >= 11 is 5.54. The van der Waals surface area contributed by atoms with Crippen molar-refractivity contribution in [1.82, 2.24) is 5.32 Å². The Balaban J connectivity index is 2.77. The number of nitrogens with two attached hydrogens (primary N) is 1. The Morgan fingerprint density at radius 2 is 1.89 bits per heavy atom. The molecule has 0 spiro atoms. The fourth-order valence-corrected chi connectivity index (χ4v) is 1.45. The van der Waals surface area contributed by atoms with Crippen molar-refractivity contribution in [3.8, 4) is 0 Å². The van der Waals surface area contributed by atoms with Gasteiger partial charge in [0.2, 0.25) is 5.91 Å². The van der Waals surface area contributed by atoms with Gasteiger partial charge in [-0.05, 0) is 18.2 Å². The number of carbonyl (C=O) groups excluding carboxylic acids is 2. The number of benzene rings is 1. The minimum absolute atomic E-state index is 0.000514. The summed E-state index contributed by atoms with van der Waals surface area (Å²) in [5.74, 6) is -0.777. The van der Waals surface area contributed by atoms with Crippen molar-refractivity contribution in [2.24, 2.45) is 5.73 Å². The molecule has 0 saturated heterocycles. The Labute approximate surface area is 110 Å². The van der Waals surface area contributed by atoms with Crippen molar-refractivity contribution in [3.63, 3.8) is 0 Å². The quantitative estimate of drug-likeness (QED) is 0.797. The van der Waals surface area contributed by atoms with Gasteiger partial charge in [-0.2, -0.15) is 13.2 Å². The zero-order chi connectivity index (χ0) is 14.6. The van der Waals surface area contributed by atoms with E-state index in [4.69, 9.17) is 17.3 Å². The van der Waals surface area contributed by atoms with Crippen molar-refractivity contribution in [2.75, 3.05) is 11.9 Å². The molecule has 3 amide bonds. The van der Waals surface area contributed by atoms with Gasteiger partial charge in [-0.25, -0.2) is 4.79 Å². The van der Waals surface area contributed by atoms with Crippen LogP contribution in [0.4, 0.5) is 23.7 Å². The third-order valence-corrected chi connectivity index (χ3v) is 2.16. The maximum Gasteiger partial charge on any atom is 0.416 e. The van der Waals surface area contributed by atoms with Gasteiger partial charge in [-0.1, -0.05) is 11.6 Å². The first-order chi connectivity index (χ1) is 8.68. The highest BCUT2D eigenvalue weighted by atomic mass is 35.5. The Morgan fingerprint density at radius 1 is 1.26 bits per heavy atom. The molecule has 0 aliphatic rings. The van der Waals surface area contributed by atoms with Crippen LogP contribution in [0.25, 0.3) is 0 Å². The summed E-state index contributed by atoms with van der Waals surface area (Å²) in [5, 5.41) is 4.02. The maximum atomic E-state index is 12.5. The van der Waals surface area contributed by atoms with Gasteiger partial charge in [-0.3, -0.25) is 10.1 Å². The molecule has 0 unspecified atom stereocenters. The van der Waals surface area contributed by atoms with E-state index in [1.165, 1.54) is 6.07 Å². The number of carbonyl (C=O) groups is 2. The van der Waals surface area contributed by atoms with Crippen LogP contribution in [-0.4, -0.2) is 18.5 Å². The molecular weight excluding hydrogens is 287 g/mol. The number of anilines is 1. The van der Waals surface area contributed by atoms with E-state index in [9.17, 15) is 22.8 Å². The number of rotatable bonds is 3. The lowest BCUT2D eigenvalue weighted by atomic mass is 10.2. The molecule has 0 heterocycles. The number of nitrogens with one attached hydrogen (secondary N) is 2. The summed E-state index contributed by atoms with van der Waals surface area (Å²) in [7, 11) is 0. The summed E-state index contributed by atoms with van der Waals surface area (Å²) < 4.78 is 37.5. The lowest BCUT2D eigenvalue weighted by Crippen LogP contribution is -2.38. The van der Waals surface area contributed by atoms with E-state index in [-0.39, 0.29) is 10.7 Å². The second kappa shape index (κ2) is 5.79. The van der Waals surface area contributed by atoms with Crippen LogP contribution in [0.5, 0.6) is 0 Å². The predicted molar refractivity (Wildman–Crippen MR) is 62.7 cm³/mol. The van der Waals surface area contributed by atoms with Gasteiger partial charge in [-0.15, -0.1) is 0 Å². The largest absolute Gasteiger partial charge is 0.416 e. The molecule has 104 valence electrons. The molecule has 1 rings (SSSR count). The molecule has 0 saturated carbocycles. The number of hydrogen-bond donors (Lipinski definition) is 3. The average molecular weight is 296 g/mol. The monoisotopic (exact) mass is 295 g/mol. The van der Waals surface area contributed by atoms with Crippen molar-refractivity contribution in [2.45, 2.75) is 6.18 Å². The standard InChI is InChI=1S/C10H9ClF3N3O2/c11-6-1-5(10(12,13)14)2-7(3-6)16-4-8(18)17-9(15)19/h1-3,16H,4H2,(H3,15,17,18,19). The smallest absolute Gasteiger partial charge is 0.376 e. The number of hydrogen-bond acceptors (Lipinski definition) is 3. The molecule has 0 fully saturated rings. The highest BCUT2D eigenvalue weighted by Crippen LogP contribution is 2.33. The summed E-state index contributed by atoms with van der Waals surface area (Å²) in [6.07, 6.45) is -4.54. The van der Waals surface area contributed by atoms with Crippen LogP contribution < -0.4 is 16.4 Å². The molecule has 9 heteroatoms. The van der Waals surface area contributed by atoms with Gasteiger partial charge >= 0.3 is 12.2 Å². The lowest BCUT2D eigenvalue weighted by Gasteiger charge is -2.11. The van der Waals surface area contributed by atoms with Gasteiger partial charge in [0.05, 0.1) is 12.1 Å². The zero-order valence-corrected chi connectivity index (χ0v) is 10.1. The molecule has 1 aromatic rings. The Kier molecular flexibility index (Phi) is 4.60. The molecule has 0 aliphatic heterocycles. The van der Waals surface area contributed by atoms with Crippen molar-refractivity contribution in [3.05, 3.63) is 28.8 Å². The van der Waals surface area contributed by atoms with Crippen LogP contribution in [-0.2, 0) is 11.0 Å². The zero-order valence-electron chi connectivity index (χ0n) is 9.34.